The Kier molecular flexibility index (Phi) is 9.09. The normalized spacial score (nSPS) is 8.57. The average Bonchev–Trinajstić information content (AvgIpc) is 1.35. The summed E-state index contributed by atoms with van der Waals surface area (Å²) in [4.78, 5) is 0. The van der Waals surface area contributed by atoms with Crippen LogP contribution in [0.1, 0.15) is 19.8 Å². The average molecular weight is 127 g/mol. The zero-order valence-electron chi connectivity index (χ0n) is 4.29. The molecule has 7 heavy (non-hydrogen) atoms. The summed E-state index contributed by atoms with van der Waals surface area (Å²) in [7, 11) is 0. The first-order valence-corrected chi connectivity index (χ1v) is 2.13. The first-order chi connectivity index (χ1) is 2.77. The number of halogens is 1. The van der Waals surface area contributed by atoms with Gasteiger partial charge in [0.05, 0.1) is 0 Å². The number of rotatable bonds is 2. The third kappa shape index (κ3) is 10.7. The molecule has 2 N–H and O–H groups in total. The van der Waals surface area contributed by atoms with Crippen molar-refractivity contribution in [2.75, 3.05) is 0 Å². The first kappa shape index (κ1) is 10.2. The van der Waals surface area contributed by atoms with E-state index >= 15 is 0 Å². The van der Waals surface area contributed by atoms with E-state index < -0.39 is 6.29 Å². The Morgan fingerprint density at radius 3 is 1.86 bits per heavy atom. The fourth-order valence-corrected chi connectivity index (χ4v) is 0.258. The second-order valence-electron chi connectivity index (χ2n) is 1.27. The number of aliphatic hydroxyl groups is 2. The lowest BCUT2D eigenvalue weighted by Crippen LogP contribution is -2.01. The Bertz CT molecular complexity index is 30.9. The molecule has 0 heterocycles. The summed E-state index contributed by atoms with van der Waals surface area (Å²) in [6, 6.07) is 0. The van der Waals surface area contributed by atoms with E-state index in [2.05, 4.69) is 0 Å². The van der Waals surface area contributed by atoms with Crippen molar-refractivity contribution < 1.29 is 10.2 Å². The van der Waals surface area contributed by atoms with E-state index in [1.165, 1.54) is 0 Å². The van der Waals surface area contributed by atoms with Gasteiger partial charge in [-0.15, -0.1) is 12.4 Å². The van der Waals surface area contributed by atoms with Gasteiger partial charge in [0.15, 0.2) is 6.29 Å². The molecular weight excluding hydrogens is 115 g/mol. The van der Waals surface area contributed by atoms with Crippen LogP contribution in [-0.4, -0.2) is 16.5 Å². The summed E-state index contributed by atoms with van der Waals surface area (Å²) in [5, 5.41) is 16.2. The molecule has 0 unspecified atom stereocenters. The van der Waals surface area contributed by atoms with Crippen LogP contribution in [0.15, 0.2) is 0 Å². The van der Waals surface area contributed by atoms with E-state index in [1.807, 2.05) is 6.92 Å². The van der Waals surface area contributed by atoms with Crippen LogP contribution in [0.2, 0.25) is 0 Å². The molecule has 0 saturated carbocycles. The van der Waals surface area contributed by atoms with Crippen LogP contribution < -0.4 is 0 Å². The Morgan fingerprint density at radius 1 is 1.43 bits per heavy atom. The van der Waals surface area contributed by atoms with E-state index in [0.29, 0.717) is 6.42 Å². The topological polar surface area (TPSA) is 40.5 Å². The predicted molar refractivity (Wildman–Crippen MR) is 30.4 cm³/mol. The smallest absolute Gasteiger partial charge is 0.151 e. The Hall–Kier alpha value is 0.210. The quantitative estimate of drug-likeness (QED) is 0.530. The maximum absolute atomic E-state index is 8.11. The third-order valence-electron chi connectivity index (χ3n) is 0.547. The Labute approximate surface area is 49.6 Å². The van der Waals surface area contributed by atoms with Gasteiger partial charge in [-0.2, -0.15) is 0 Å². The molecule has 0 atom stereocenters. The Morgan fingerprint density at radius 2 is 1.86 bits per heavy atom. The van der Waals surface area contributed by atoms with Gasteiger partial charge in [-0.25, -0.2) is 0 Å². The molecule has 0 aromatic heterocycles. The van der Waals surface area contributed by atoms with Gasteiger partial charge < -0.3 is 10.2 Å². The van der Waals surface area contributed by atoms with Crippen molar-refractivity contribution in [3.8, 4) is 0 Å². The van der Waals surface area contributed by atoms with Crippen molar-refractivity contribution in [1.82, 2.24) is 0 Å². The van der Waals surface area contributed by atoms with E-state index in [0.717, 1.165) is 6.42 Å². The maximum Gasteiger partial charge on any atom is 0.151 e. The van der Waals surface area contributed by atoms with Gasteiger partial charge in [-0.1, -0.05) is 13.3 Å². The second-order valence-corrected chi connectivity index (χ2v) is 1.27. The number of hydrogen-bond acceptors (Lipinski definition) is 2. The zero-order valence-corrected chi connectivity index (χ0v) is 5.11. The Balaban J connectivity index is 0. The molecule has 0 aliphatic rings. The number of hydrogen-bond donors (Lipinski definition) is 2. The SMILES string of the molecule is CCCC(O)O.Cl. The van der Waals surface area contributed by atoms with Crippen LogP contribution >= 0.6 is 12.4 Å². The fourth-order valence-electron chi connectivity index (χ4n) is 0.258. The molecule has 0 radical (unpaired) electrons. The summed E-state index contributed by atoms with van der Waals surface area (Å²) < 4.78 is 0. The zero-order chi connectivity index (χ0) is 4.99. The van der Waals surface area contributed by atoms with Gasteiger partial charge in [0.2, 0.25) is 0 Å². The van der Waals surface area contributed by atoms with Gasteiger partial charge in [-0.05, 0) is 6.42 Å². The molecule has 0 aliphatic heterocycles. The minimum Gasteiger partial charge on any atom is -0.368 e. The maximum atomic E-state index is 8.11. The van der Waals surface area contributed by atoms with Crippen molar-refractivity contribution in [2.45, 2.75) is 26.1 Å². The highest BCUT2D eigenvalue weighted by molar-refractivity contribution is 5.85. The monoisotopic (exact) mass is 126 g/mol. The van der Waals surface area contributed by atoms with E-state index in [-0.39, 0.29) is 12.4 Å². The molecule has 46 valence electrons. The number of aliphatic hydroxyl groups excluding tert-OH is 1. The van der Waals surface area contributed by atoms with Crippen LogP contribution in [0.25, 0.3) is 0 Å². The molecule has 0 aromatic rings. The minimum absolute atomic E-state index is 0. The van der Waals surface area contributed by atoms with E-state index in [9.17, 15) is 0 Å². The highest BCUT2D eigenvalue weighted by atomic mass is 35.5. The third-order valence-corrected chi connectivity index (χ3v) is 0.547. The molecule has 2 nitrogen and oxygen atoms in total. The van der Waals surface area contributed by atoms with Crippen LogP contribution in [0, 0.1) is 0 Å². The molecule has 3 heteroatoms. The molecule has 0 aromatic carbocycles. The van der Waals surface area contributed by atoms with Crippen molar-refractivity contribution in [3.05, 3.63) is 0 Å². The minimum atomic E-state index is -1.10. The lowest BCUT2D eigenvalue weighted by molar-refractivity contribution is -0.0453. The van der Waals surface area contributed by atoms with Gasteiger partial charge >= 0.3 is 0 Å². The van der Waals surface area contributed by atoms with Crippen LogP contribution in [0.5, 0.6) is 0 Å². The molecule has 0 spiro atoms. The summed E-state index contributed by atoms with van der Waals surface area (Å²) in [6.07, 6.45) is 0.215. The fraction of sp³-hybridized carbons (Fsp3) is 1.00. The van der Waals surface area contributed by atoms with Crippen molar-refractivity contribution in [2.24, 2.45) is 0 Å². The lowest BCUT2D eigenvalue weighted by Gasteiger charge is -1.94. The van der Waals surface area contributed by atoms with Gasteiger partial charge in [0.1, 0.15) is 0 Å². The molecule has 0 saturated heterocycles. The van der Waals surface area contributed by atoms with Crippen LogP contribution in [0.4, 0.5) is 0 Å². The van der Waals surface area contributed by atoms with Gasteiger partial charge in [0.25, 0.3) is 0 Å². The van der Waals surface area contributed by atoms with Gasteiger partial charge in [0, 0.05) is 0 Å². The van der Waals surface area contributed by atoms with Crippen molar-refractivity contribution in [1.29, 1.82) is 0 Å². The summed E-state index contributed by atoms with van der Waals surface area (Å²) in [5.74, 6) is 0. The summed E-state index contributed by atoms with van der Waals surface area (Å²) >= 11 is 0. The van der Waals surface area contributed by atoms with E-state index in [1.54, 1.807) is 0 Å². The van der Waals surface area contributed by atoms with Gasteiger partial charge in [-0.3, -0.25) is 0 Å². The molecule has 0 aliphatic carbocycles. The molecule has 0 amide bonds. The highest BCUT2D eigenvalue weighted by Gasteiger charge is 1.89. The van der Waals surface area contributed by atoms with E-state index in [4.69, 9.17) is 10.2 Å². The summed E-state index contributed by atoms with van der Waals surface area (Å²) in [6.45, 7) is 1.90. The van der Waals surface area contributed by atoms with Crippen LogP contribution in [0.3, 0.4) is 0 Å². The standard InChI is InChI=1S/C4H10O2.ClH/c1-2-3-4(5)6;/h4-6H,2-3H2,1H3;1H. The largest absolute Gasteiger partial charge is 0.368 e. The molecular formula is C4H11ClO2. The molecule has 0 rings (SSSR count). The summed E-state index contributed by atoms with van der Waals surface area (Å²) in [5.41, 5.74) is 0. The predicted octanol–water partition coefficient (Wildman–Crippen LogP) is 0.519. The van der Waals surface area contributed by atoms with Crippen LogP contribution in [-0.2, 0) is 0 Å². The lowest BCUT2D eigenvalue weighted by atomic mass is 10.3. The molecule has 0 bridgehead atoms. The van der Waals surface area contributed by atoms with Crippen molar-refractivity contribution >= 4 is 12.4 Å². The molecule has 0 fully saturated rings. The highest BCUT2D eigenvalue weighted by Crippen LogP contribution is 1.88. The second kappa shape index (κ2) is 6.21. The van der Waals surface area contributed by atoms with Crippen molar-refractivity contribution in [3.63, 3.8) is 0 Å². The first-order valence-electron chi connectivity index (χ1n) is 2.13.